The fourth-order valence-electron chi connectivity index (χ4n) is 4.39. The van der Waals surface area contributed by atoms with Gasteiger partial charge in [-0.1, -0.05) is 23.7 Å². The van der Waals surface area contributed by atoms with Crippen molar-refractivity contribution in [3.8, 4) is 11.5 Å². The molecule has 3 heterocycles. The summed E-state index contributed by atoms with van der Waals surface area (Å²) in [4.78, 5) is 21.9. The van der Waals surface area contributed by atoms with Crippen LogP contribution in [0.4, 0.5) is 5.69 Å². The van der Waals surface area contributed by atoms with Crippen molar-refractivity contribution in [2.75, 3.05) is 31.1 Å². The molecule has 0 atom stereocenters. The summed E-state index contributed by atoms with van der Waals surface area (Å²) in [7, 11) is 0. The summed E-state index contributed by atoms with van der Waals surface area (Å²) in [6.45, 7) is 5.65. The van der Waals surface area contributed by atoms with Crippen molar-refractivity contribution in [3.63, 3.8) is 0 Å². The van der Waals surface area contributed by atoms with Crippen molar-refractivity contribution in [2.45, 2.75) is 13.5 Å². The van der Waals surface area contributed by atoms with Crippen LogP contribution in [0, 0.1) is 6.92 Å². The standard InChI is InChI=1S/C26H24ClN3O3/c1-17-13-22(31)21(16-29-9-11-30(12-10-29)20-7-4-5-18(27)14-20)26-24(17)25(32)23(33-26)15-19-6-2-3-8-28-19/h2-8,13-15,31H,9-12,16H2,1H3/b23-15-. The quantitative estimate of drug-likeness (QED) is 0.569. The van der Waals surface area contributed by atoms with Gasteiger partial charge in [-0.15, -0.1) is 0 Å². The van der Waals surface area contributed by atoms with E-state index in [1.807, 2.05) is 43.3 Å². The second-order valence-corrected chi connectivity index (χ2v) is 8.77. The number of rotatable bonds is 4. The van der Waals surface area contributed by atoms with Crippen LogP contribution in [0.25, 0.3) is 6.08 Å². The van der Waals surface area contributed by atoms with Crippen LogP contribution >= 0.6 is 11.6 Å². The van der Waals surface area contributed by atoms with Gasteiger partial charge in [-0.05, 0) is 48.9 Å². The number of carbonyl (C=O) groups excluding carboxylic acids is 1. The number of piperazine rings is 1. The van der Waals surface area contributed by atoms with Crippen LogP contribution in [0.3, 0.4) is 0 Å². The minimum Gasteiger partial charge on any atom is -0.507 e. The highest BCUT2D eigenvalue weighted by atomic mass is 35.5. The zero-order chi connectivity index (χ0) is 22.9. The van der Waals surface area contributed by atoms with Gasteiger partial charge in [0.05, 0.1) is 16.8 Å². The van der Waals surface area contributed by atoms with Crippen LogP contribution in [-0.2, 0) is 6.54 Å². The number of phenols is 1. The average molecular weight is 462 g/mol. The van der Waals surface area contributed by atoms with Gasteiger partial charge in [0.25, 0.3) is 0 Å². The number of nitrogens with zero attached hydrogens (tertiary/aromatic N) is 3. The number of ketones is 1. The second kappa shape index (κ2) is 8.89. The number of aromatic nitrogens is 1. The number of pyridine rings is 1. The summed E-state index contributed by atoms with van der Waals surface area (Å²) in [5.41, 5.74) is 3.62. The summed E-state index contributed by atoms with van der Waals surface area (Å²) in [5, 5.41) is 11.5. The molecule has 0 aliphatic carbocycles. The van der Waals surface area contributed by atoms with E-state index in [4.69, 9.17) is 16.3 Å². The van der Waals surface area contributed by atoms with Crippen molar-refractivity contribution < 1.29 is 14.6 Å². The molecule has 1 aromatic heterocycles. The average Bonchev–Trinajstić information content (AvgIpc) is 3.14. The number of anilines is 1. The van der Waals surface area contributed by atoms with Crippen LogP contribution in [0.1, 0.15) is 27.2 Å². The predicted octanol–water partition coefficient (Wildman–Crippen LogP) is 4.69. The molecule has 2 aliphatic heterocycles. The number of fused-ring (bicyclic) bond motifs is 1. The van der Waals surface area contributed by atoms with Crippen LogP contribution in [0.15, 0.2) is 60.5 Å². The Balaban J connectivity index is 1.36. The van der Waals surface area contributed by atoms with Gasteiger partial charge in [-0.25, -0.2) is 0 Å². The van der Waals surface area contributed by atoms with E-state index in [9.17, 15) is 9.90 Å². The molecule has 0 bridgehead atoms. The summed E-state index contributed by atoms with van der Waals surface area (Å²) >= 11 is 6.14. The molecule has 1 fully saturated rings. The Morgan fingerprint density at radius 3 is 2.67 bits per heavy atom. The molecule has 6 nitrogen and oxygen atoms in total. The summed E-state index contributed by atoms with van der Waals surface area (Å²) in [6, 6.07) is 15.0. The first-order valence-corrected chi connectivity index (χ1v) is 11.3. The molecule has 0 amide bonds. The van der Waals surface area contributed by atoms with Crippen LogP contribution in [0.2, 0.25) is 5.02 Å². The molecule has 7 heteroatoms. The molecule has 0 unspecified atom stereocenters. The largest absolute Gasteiger partial charge is 0.507 e. The zero-order valence-corrected chi connectivity index (χ0v) is 19.0. The Morgan fingerprint density at radius 2 is 1.94 bits per heavy atom. The number of aryl methyl sites for hydroxylation is 1. The molecular weight excluding hydrogens is 438 g/mol. The van der Waals surface area contributed by atoms with Crippen LogP contribution in [0.5, 0.6) is 11.5 Å². The maximum absolute atomic E-state index is 13.1. The van der Waals surface area contributed by atoms with Crippen molar-refractivity contribution >= 4 is 29.1 Å². The van der Waals surface area contributed by atoms with E-state index in [2.05, 4.69) is 20.9 Å². The van der Waals surface area contributed by atoms with Gasteiger partial charge in [0.15, 0.2) is 5.76 Å². The number of phenolic OH excluding ortho intramolecular Hbond substituents is 1. The lowest BCUT2D eigenvalue weighted by Crippen LogP contribution is -2.46. The molecule has 0 radical (unpaired) electrons. The lowest BCUT2D eigenvalue weighted by molar-refractivity contribution is 0.101. The monoisotopic (exact) mass is 461 g/mol. The Labute approximate surface area is 197 Å². The minimum absolute atomic E-state index is 0.149. The van der Waals surface area contributed by atoms with Crippen molar-refractivity contribution in [1.82, 2.24) is 9.88 Å². The van der Waals surface area contributed by atoms with Crippen molar-refractivity contribution in [2.24, 2.45) is 0 Å². The third-order valence-electron chi connectivity index (χ3n) is 6.11. The molecule has 0 spiro atoms. The predicted molar refractivity (Wildman–Crippen MR) is 129 cm³/mol. The smallest absolute Gasteiger partial charge is 0.232 e. The number of halogens is 1. The first kappa shape index (κ1) is 21.5. The molecule has 33 heavy (non-hydrogen) atoms. The van der Waals surface area contributed by atoms with E-state index in [0.717, 1.165) is 36.9 Å². The zero-order valence-electron chi connectivity index (χ0n) is 18.3. The molecule has 168 valence electrons. The molecule has 0 saturated carbocycles. The third-order valence-corrected chi connectivity index (χ3v) is 6.35. The number of hydrogen-bond acceptors (Lipinski definition) is 6. The van der Waals surface area contributed by atoms with Crippen molar-refractivity contribution in [1.29, 1.82) is 0 Å². The lowest BCUT2D eigenvalue weighted by Gasteiger charge is -2.36. The molecule has 1 saturated heterocycles. The number of allylic oxidation sites excluding steroid dienone is 1. The number of Topliss-reactive ketones (excluding diaryl/α,β-unsaturated/α-hetero) is 1. The highest BCUT2D eigenvalue weighted by Gasteiger charge is 2.34. The van der Waals surface area contributed by atoms with Crippen LogP contribution < -0.4 is 9.64 Å². The van der Waals surface area contributed by atoms with E-state index >= 15 is 0 Å². The first-order chi connectivity index (χ1) is 16.0. The fraction of sp³-hybridized carbons (Fsp3) is 0.231. The van der Waals surface area contributed by atoms with E-state index in [0.29, 0.717) is 34.7 Å². The number of carbonyl (C=O) groups is 1. The van der Waals surface area contributed by atoms with Gasteiger partial charge < -0.3 is 14.7 Å². The van der Waals surface area contributed by atoms with Gasteiger partial charge in [0, 0.05) is 55.7 Å². The first-order valence-electron chi connectivity index (χ1n) is 10.9. The van der Waals surface area contributed by atoms with Crippen molar-refractivity contribution in [3.05, 3.63) is 87.9 Å². The molecule has 2 aliphatic rings. The normalized spacial score (nSPS) is 17.3. The van der Waals surface area contributed by atoms with E-state index in [1.54, 1.807) is 18.3 Å². The molecule has 2 aromatic carbocycles. The lowest BCUT2D eigenvalue weighted by atomic mass is 9.99. The fourth-order valence-corrected chi connectivity index (χ4v) is 4.57. The number of ether oxygens (including phenoxy) is 1. The topological polar surface area (TPSA) is 65.9 Å². The van der Waals surface area contributed by atoms with E-state index < -0.39 is 0 Å². The Hall–Kier alpha value is -3.35. The number of aromatic hydroxyl groups is 1. The Morgan fingerprint density at radius 1 is 1.12 bits per heavy atom. The SMILES string of the molecule is Cc1cc(O)c(CN2CCN(c3cccc(Cl)c3)CC2)c2c1C(=O)/C(=C/c1ccccn1)O2. The van der Waals surface area contributed by atoms with Gasteiger partial charge in [-0.2, -0.15) is 0 Å². The number of hydrogen-bond donors (Lipinski definition) is 1. The van der Waals surface area contributed by atoms with Gasteiger partial charge >= 0.3 is 0 Å². The Bertz CT molecular complexity index is 1240. The third kappa shape index (κ3) is 4.32. The summed E-state index contributed by atoms with van der Waals surface area (Å²) in [5.74, 6) is 0.650. The second-order valence-electron chi connectivity index (χ2n) is 8.33. The molecular formula is C26H24ClN3O3. The molecule has 3 aromatic rings. The van der Waals surface area contributed by atoms with Crippen LogP contribution in [-0.4, -0.2) is 47.0 Å². The minimum atomic E-state index is -0.180. The maximum Gasteiger partial charge on any atom is 0.232 e. The number of benzene rings is 2. The Kier molecular flexibility index (Phi) is 5.79. The maximum atomic E-state index is 13.1. The van der Waals surface area contributed by atoms with Gasteiger partial charge in [0.2, 0.25) is 5.78 Å². The van der Waals surface area contributed by atoms with Gasteiger partial charge in [0.1, 0.15) is 11.5 Å². The highest BCUT2D eigenvalue weighted by Crippen LogP contribution is 2.42. The summed E-state index contributed by atoms with van der Waals surface area (Å²) in [6.07, 6.45) is 3.32. The van der Waals surface area contributed by atoms with Gasteiger partial charge in [-0.3, -0.25) is 14.7 Å². The highest BCUT2D eigenvalue weighted by molar-refractivity contribution is 6.30. The van der Waals surface area contributed by atoms with E-state index in [1.165, 1.54) is 0 Å². The molecule has 5 rings (SSSR count). The molecule has 1 N–H and O–H groups in total. The summed E-state index contributed by atoms with van der Waals surface area (Å²) < 4.78 is 6.02. The van der Waals surface area contributed by atoms with E-state index in [-0.39, 0.29) is 17.3 Å².